The highest BCUT2D eigenvalue weighted by molar-refractivity contribution is 5.96. The van der Waals surface area contributed by atoms with E-state index in [0.717, 1.165) is 17.1 Å². The summed E-state index contributed by atoms with van der Waals surface area (Å²) in [5.41, 5.74) is 12.9. The minimum Gasteiger partial charge on any atom is -0.310 e. The van der Waals surface area contributed by atoms with E-state index >= 15 is 0 Å². The number of anilines is 3. The van der Waals surface area contributed by atoms with Gasteiger partial charge in [0, 0.05) is 16.9 Å². The summed E-state index contributed by atoms with van der Waals surface area (Å²) in [5.74, 6) is 0. The van der Waals surface area contributed by atoms with E-state index in [-0.39, 0.29) is 0 Å². The van der Waals surface area contributed by atoms with E-state index in [0.29, 0.717) is 0 Å². The maximum absolute atomic E-state index is 2.40. The number of rotatable bonds is 7. The van der Waals surface area contributed by atoms with Crippen molar-refractivity contribution in [3.05, 3.63) is 212 Å². The quantitative estimate of drug-likeness (QED) is 0.166. The van der Waals surface area contributed by atoms with Crippen molar-refractivity contribution in [2.75, 3.05) is 4.90 Å². The number of para-hydroxylation sites is 1. The van der Waals surface area contributed by atoms with Gasteiger partial charge in [0.2, 0.25) is 0 Å². The number of hydrogen-bond donors (Lipinski definition) is 0. The first-order valence-corrected chi connectivity index (χ1v) is 17.5. The van der Waals surface area contributed by atoms with Crippen LogP contribution in [-0.4, -0.2) is 0 Å². The second-order valence-electron chi connectivity index (χ2n) is 13.0. The highest BCUT2D eigenvalue weighted by Crippen LogP contribution is 2.44. The molecule has 0 saturated carbocycles. The van der Waals surface area contributed by atoms with Crippen LogP contribution in [0.15, 0.2) is 212 Å². The Hall–Kier alpha value is -6.70. The van der Waals surface area contributed by atoms with E-state index < -0.39 is 0 Å². The van der Waals surface area contributed by atoms with Crippen molar-refractivity contribution >= 4 is 38.6 Å². The molecule has 240 valence electrons. The van der Waals surface area contributed by atoms with Gasteiger partial charge in [0.25, 0.3) is 0 Å². The molecule has 0 heterocycles. The molecule has 0 unspecified atom stereocenters. The summed E-state index contributed by atoms with van der Waals surface area (Å²) in [6, 6.07) is 76.8. The lowest BCUT2D eigenvalue weighted by molar-refractivity contribution is 1.28. The van der Waals surface area contributed by atoms with Crippen LogP contribution in [0, 0.1) is 0 Å². The number of benzene rings is 9. The summed E-state index contributed by atoms with van der Waals surface area (Å²) < 4.78 is 0. The van der Waals surface area contributed by atoms with Crippen molar-refractivity contribution in [3.8, 4) is 44.5 Å². The third-order valence-electron chi connectivity index (χ3n) is 9.82. The fraction of sp³-hybridized carbons (Fsp3) is 0. The molecule has 0 bridgehead atoms. The molecule has 0 N–H and O–H groups in total. The minimum absolute atomic E-state index is 1.10. The fourth-order valence-electron chi connectivity index (χ4n) is 7.18. The highest BCUT2D eigenvalue weighted by atomic mass is 15.1. The summed E-state index contributed by atoms with van der Waals surface area (Å²) in [7, 11) is 0. The van der Waals surface area contributed by atoms with Crippen LogP contribution < -0.4 is 4.90 Å². The van der Waals surface area contributed by atoms with E-state index in [9.17, 15) is 0 Å². The molecule has 0 saturated heterocycles. The van der Waals surface area contributed by atoms with E-state index in [4.69, 9.17) is 0 Å². The highest BCUT2D eigenvalue weighted by Gasteiger charge is 2.19. The lowest BCUT2D eigenvalue weighted by Crippen LogP contribution is -2.11. The van der Waals surface area contributed by atoms with Crippen molar-refractivity contribution in [2.45, 2.75) is 0 Å². The van der Waals surface area contributed by atoms with Crippen LogP contribution in [-0.2, 0) is 0 Å². The van der Waals surface area contributed by atoms with Gasteiger partial charge in [-0.25, -0.2) is 0 Å². The van der Waals surface area contributed by atoms with Gasteiger partial charge in [-0.05, 0) is 109 Å². The maximum Gasteiger partial charge on any atom is 0.0546 e. The zero-order chi connectivity index (χ0) is 34.0. The zero-order valence-corrected chi connectivity index (χ0v) is 28.2. The molecular formula is C50H35N. The molecule has 9 rings (SSSR count). The number of hydrogen-bond acceptors (Lipinski definition) is 1. The van der Waals surface area contributed by atoms with Crippen molar-refractivity contribution in [2.24, 2.45) is 0 Å². The lowest BCUT2D eigenvalue weighted by Gasteiger charge is -2.29. The summed E-state index contributed by atoms with van der Waals surface area (Å²) in [6.07, 6.45) is 0. The molecule has 0 radical (unpaired) electrons. The third-order valence-corrected chi connectivity index (χ3v) is 9.82. The second-order valence-corrected chi connectivity index (χ2v) is 13.0. The SMILES string of the molecule is c1ccc(-c2cccc(-c3ccc(N(c4ccccc4)c4cc(-c5ccc6ccccc6c5)ccc4-c4ccc5ccccc5c4)cc3)c2)cc1. The van der Waals surface area contributed by atoms with Crippen LogP contribution in [0.25, 0.3) is 66.1 Å². The van der Waals surface area contributed by atoms with Gasteiger partial charge in [0.1, 0.15) is 0 Å². The molecular weight excluding hydrogens is 615 g/mol. The summed E-state index contributed by atoms with van der Waals surface area (Å²) in [6.45, 7) is 0. The van der Waals surface area contributed by atoms with Gasteiger partial charge < -0.3 is 4.90 Å². The molecule has 0 aliphatic heterocycles. The Labute approximate surface area is 299 Å². The summed E-state index contributed by atoms with van der Waals surface area (Å²) in [5, 5.41) is 4.95. The van der Waals surface area contributed by atoms with Gasteiger partial charge in [-0.2, -0.15) is 0 Å². The molecule has 0 atom stereocenters. The van der Waals surface area contributed by atoms with Gasteiger partial charge >= 0.3 is 0 Å². The van der Waals surface area contributed by atoms with E-state index in [1.807, 2.05) is 0 Å². The van der Waals surface area contributed by atoms with Gasteiger partial charge in [-0.3, -0.25) is 0 Å². The number of fused-ring (bicyclic) bond motifs is 2. The van der Waals surface area contributed by atoms with Crippen LogP contribution in [0.2, 0.25) is 0 Å². The predicted octanol–water partition coefficient (Wildman–Crippen LogP) is 14.1. The molecule has 0 aliphatic rings. The maximum atomic E-state index is 2.40. The molecule has 51 heavy (non-hydrogen) atoms. The van der Waals surface area contributed by atoms with Crippen molar-refractivity contribution < 1.29 is 0 Å². The monoisotopic (exact) mass is 649 g/mol. The Bertz CT molecular complexity index is 2620. The van der Waals surface area contributed by atoms with Crippen LogP contribution >= 0.6 is 0 Å². The molecule has 0 amide bonds. The minimum atomic E-state index is 1.10. The van der Waals surface area contributed by atoms with Crippen LogP contribution in [0.1, 0.15) is 0 Å². The van der Waals surface area contributed by atoms with Gasteiger partial charge in [0.05, 0.1) is 5.69 Å². The Morgan fingerprint density at radius 1 is 0.235 bits per heavy atom. The average molecular weight is 650 g/mol. The third kappa shape index (κ3) is 6.07. The topological polar surface area (TPSA) is 3.24 Å². The van der Waals surface area contributed by atoms with Crippen LogP contribution in [0.3, 0.4) is 0 Å². The van der Waals surface area contributed by atoms with E-state index in [2.05, 4.69) is 217 Å². The van der Waals surface area contributed by atoms with Crippen molar-refractivity contribution in [1.82, 2.24) is 0 Å². The Morgan fingerprint density at radius 2 is 0.667 bits per heavy atom. The molecule has 0 aromatic heterocycles. The smallest absolute Gasteiger partial charge is 0.0546 e. The molecule has 0 fully saturated rings. The van der Waals surface area contributed by atoms with Crippen LogP contribution in [0.4, 0.5) is 17.1 Å². The summed E-state index contributed by atoms with van der Waals surface area (Å²) >= 11 is 0. The van der Waals surface area contributed by atoms with E-state index in [1.165, 1.54) is 66.1 Å². The van der Waals surface area contributed by atoms with Gasteiger partial charge in [-0.1, -0.05) is 164 Å². The standard InChI is InChI=1S/C50H35N/c1-3-12-36(13-4-1)42-18-11-19-43(32-42)39-26-29-48(30-27-39)51(47-20-5-2-6-21-47)50-35-45(44-24-22-37-14-7-9-16-40(37)33-44)28-31-49(50)46-25-23-38-15-8-10-17-41(38)34-46/h1-35H. The predicted molar refractivity (Wildman–Crippen MR) is 218 cm³/mol. The fourth-order valence-corrected chi connectivity index (χ4v) is 7.18. The average Bonchev–Trinajstić information content (AvgIpc) is 3.21. The second kappa shape index (κ2) is 13.3. The largest absolute Gasteiger partial charge is 0.310 e. The first-order chi connectivity index (χ1) is 25.3. The molecule has 1 heteroatoms. The van der Waals surface area contributed by atoms with E-state index in [1.54, 1.807) is 0 Å². The Balaban J connectivity index is 1.20. The molecule has 9 aromatic carbocycles. The Morgan fingerprint density at radius 3 is 1.33 bits per heavy atom. The Kier molecular flexibility index (Phi) is 7.92. The molecule has 1 nitrogen and oxygen atoms in total. The molecule has 0 spiro atoms. The lowest BCUT2D eigenvalue weighted by atomic mass is 9.94. The van der Waals surface area contributed by atoms with Crippen LogP contribution in [0.5, 0.6) is 0 Å². The molecule has 0 aliphatic carbocycles. The first kappa shape index (κ1) is 30.4. The summed E-state index contributed by atoms with van der Waals surface area (Å²) in [4.78, 5) is 2.40. The first-order valence-electron chi connectivity index (χ1n) is 17.5. The van der Waals surface area contributed by atoms with Gasteiger partial charge in [-0.15, -0.1) is 0 Å². The number of nitrogens with zero attached hydrogens (tertiary/aromatic N) is 1. The normalized spacial score (nSPS) is 11.1. The zero-order valence-electron chi connectivity index (χ0n) is 28.2. The molecule has 9 aromatic rings. The van der Waals surface area contributed by atoms with Crippen molar-refractivity contribution in [1.29, 1.82) is 0 Å². The van der Waals surface area contributed by atoms with Crippen molar-refractivity contribution in [3.63, 3.8) is 0 Å². The van der Waals surface area contributed by atoms with Gasteiger partial charge in [0.15, 0.2) is 0 Å².